The van der Waals surface area contributed by atoms with Crippen LogP contribution >= 0.6 is 0 Å². The number of aromatic nitrogens is 3. The molecule has 0 saturated carbocycles. The van der Waals surface area contributed by atoms with Crippen LogP contribution in [0.25, 0.3) is 10.9 Å². The lowest BCUT2D eigenvalue weighted by Crippen LogP contribution is -2.42. The molecule has 0 aliphatic carbocycles. The number of anilines is 1. The summed E-state index contributed by atoms with van der Waals surface area (Å²) in [6, 6.07) is 13.3. The second-order valence-corrected chi connectivity index (χ2v) is 11.2. The fourth-order valence-electron chi connectivity index (χ4n) is 5.91. The average molecular weight is 575 g/mol. The summed E-state index contributed by atoms with van der Waals surface area (Å²) in [4.78, 5) is 37.7. The Morgan fingerprint density at radius 1 is 1.24 bits per heavy atom. The molecule has 2 amide bonds. The number of aryl methyl sites for hydroxylation is 2. The van der Waals surface area contributed by atoms with Crippen molar-refractivity contribution in [3.8, 4) is 0 Å². The van der Waals surface area contributed by atoms with Crippen molar-refractivity contribution in [1.82, 2.24) is 19.9 Å². The predicted molar refractivity (Wildman–Crippen MR) is 161 cm³/mol. The minimum Gasteiger partial charge on any atom is -0.358 e. The zero-order valence-corrected chi connectivity index (χ0v) is 24.2. The molecule has 0 spiro atoms. The number of amides is 2. The number of hydrogen-bond acceptors (Lipinski definition) is 5. The molecular weight excluding hydrogens is 535 g/mol. The zero-order chi connectivity index (χ0) is 29.6. The molecular formula is C32H39FN6O3. The van der Waals surface area contributed by atoms with Gasteiger partial charge in [0.05, 0.1) is 12.5 Å². The van der Waals surface area contributed by atoms with Gasteiger partial charge in [0, 0.05) is 67.3 Å². The lowest BCUT2D eigenvalue weighted by Gasteiger charge is -2.33. The minimum absolute atomic E-state index is 0.0682. The molecule has 0 radical (unpaired) electrons. The molecule has 3 atom stereocenters. The molecule has 1 saturated heterocycles. The van der Waals surface area contributed by atoms with Gasteiger partial charge in [0.1, 0.15) is 5.69 Å². The van der Waals surface area contributed by atoms with E-state index >= 15 is 0 Å². The van der Waals surface area contributed by atoms with Gasteiger partial charge in [0.15, 0.2) is 6.36 Å². The quantitative estimate of drug-likeness (QED) is 0.201. The van der Waals surface area contributed by atoms with Crippen LogP contribution in [0.2, 0.25) is 0 Å². The lowest BCUT2D eigenvalue weighted by molar-refractivity contribution is -0.132. The summed E-state index contributed by atoms with van der Waals surface area (Å²) in [6.07, 6.45) is 5.29. The number of methoxy groups -OCH3 is 1. The normalized spacial score (nSPS) is 16.9. The smallest absolute Gasteiger partial charge is 0.273 e. The van der Waals surface area contributed by atoms with E-state index in [1.165, 1.54) is 25.2 Å². The summed E-state index contributed by atoms with van der Waals surface area (Å²) >= 11 is 0. The van der Waals surface area contributed by atoms with Crippen molar-refractivity contribution in [3.63, 3.8) is 0 Å². The molecule has 5 rings (SSSR count). The van der Waals surface area contributed by atoms with E-state index in [4.69, 9.17) is 10.5 Å². The molecule has 0 bridgehead atoms. The molecule has 3 heterocycles. The highest BCUT2D eigenvalue weighted by atomic mass is 19.1. The Hall–Kier alpha value is -4.02. The van der Waals surface area contributed by atoms with Crippen LogP contribution in [0.4, 0.5) is 10.1 Å². The van der Waals surface area contributed by atoms with Crippen molar-refractivity contribution < 1.29 is 18.7 Å². The van der Waals surface area contributed by atoms with Gasteiger partial charge in [0.2, 0.25) is 5.91 Å². The summed E-state index contributed by atoms with van der Waals surface area (Å²) in [5.74, 6) is 0.0118. The number of carbonyl (C=O) groups excluding carboxylic acids is 2. The summed E-state index contributed by atoms with van der Waals surface area (Å²) in [5, 5.41) is 3.97. The Balaban J connectivity index is 1.17. The van der Waals surface area contributed by atoms with Crippen LogP contribution in [-0.4, -0.2) is 64.3 Å². The standard InChI is InChI=1S/C32H39FN6O3/c1-20-26-7-3-5-22(10-13-28(33)42-2)31(26)38-30(20)23-6-4-14-39(18-23)29(40)16-24(34)15-21-8-11-25(12-9-21)37-32(41)27-17-35-19-36-27/h3,5,7-9,11-12,17,19,23-24,28,38H,4,6,10,13-16,18,34H2,1-2H3,(H,35,36)(H,37,41). The van der Waals surface area contributed by atoms with Gasteiger partial charge in [-0.1, -0.05) is 30.3 Å². The molecule has 1 fully saturated rings. The van der Waals surface area contributed by atoms with Crippen molar-refractivity contribution in [3.05, 3.63) is 83.1 Å². The number of alkyl halides is 1. The highest BCUT2D eigenvalue weighted by Crippen LogP contribution is 2.34. The van der Waals surface area contributed by atoms with E-state index in [1.54, 1.807) is 0 Å². The predicted octanol–water partition coefficient (Wildman–Crippen LogP) is 4.99. The molecule has 9 nitrogen and oxygen atoms in total. The molecule has 1 aliphatic rings. The number of rotatable bonds is 11. The number of carbonyl (C=O) groups is 2. The van der Waals surface area contributed by atoms with Gasteiger partial charge in [0.25, 0.3) is 5.91 Å². The van der Waals surface area contributed by atoms with E-state index in [2.05, 4.69) is 33.3 Å². The van der Waals surface area contributed by atoms with Crippen LogP contribution in [-0.2, 0) is 22.4 Å². The molecule has 2 aromatic carbocycles. The van der Waals surface area contributed by atoms with Crippen LogP contribution in [0.1, 0.15) is 64.5 Å². The number of fused-ring (bicyclic) bond motifs is 1. The minimum atomic E-state index is -1.28. The highest BCUT2D eigenvalue weighted by molar-refractivity contribution is 6.02. The van der Waals surface area contributed by atoms with Crippen molar-refractivity contribution in [2.75, 3.05) is 25.5 Å². The summed E-state index contributed by atoms with van der Waals surface area (Å²) < 4.78 is 18.5. The number of nitrogens with two attached hydrogens (primary N) is 1. The Kier molecular flexibility index (Phi) is 9.34. The number of imidazole rings is 1. The lowest BCUT2D eigenvalue weighted by atomic mass is 9.91. The molecule has 1 aliphatic heterocycles. The Labute approximate surface area is 245 Å². The number of hydrogen-bond donors (Lipinski definition) is 4. The molecule has 42 heavy (non-hydrogen) atoms. The number of nitrogens with one attached hydrogen (secondary N) is 3. The van der Waals surface area contributed by atoms with Crippen LogP contribution < -0.4 is 11.1 Å². The van der Waals surface area contributed by atoms with Crippen molar-refractivity contribution >= 4 is 28.4 Å². The van der Waals surface area contributed by atoms with Crippen molar-refractivity contribution in [2.24, 2.45) is 5.73 Å². The monoisotopic (exact) mass is 574 g/mol. The van der Waals surface area contributed by atoms with Crippen LogP contribution in [0.15, 0.2) is 55.0 Å². The number of para-hydroxylation sites is 1. The van der Waals surface area contributed by atoms with Crippen LogP contribution in [0.3, 0.4) is 0 Å². The summed E-state index contributed by atoms with van der Waals surface area (Å²) in [5.41, 5.74) is 12.9. The third-order valence-corrected chi connectivity index (χ3v) is 8.19. The van der Waals surface area contributed by atoms with Gasteiger partial charge in [-0.3, -0.25) is 9.59 Å². The Morgan fingerprint density at radius 2 is 2.05 bits per heavy atom. The maximum absolute atomic E-state index is 13.7. The van der Waals surface area contributed by atoms with Gasteiger partial charge < -0.3 is 30.7 Å². The first-order valence-electron chi connectivity index (χ1n) is 14.5. The molecule has 5 N–H and O–H groups in total. The van der Waals surface area contributed by atoms with Gasteiger partial charge >= 0.3 is 0 Å². The maximum Gasteiger partial charge on any atom is 0.273 e. The van der Waals surface area contributed by atoms with Gasteiger partial charge in [-0.25, -0.2) is 9.37 Å². The largest absolute Gasteiger partial charge is 0.358 e. The summed E-state index contributed by atoms with van der Waals surface area (Å²) in [6.45, 7) is 3.50. The highest BCUT2D eigenvalue weighted by Gasteiger charge is 2.28. The second-order valence-electron chi connectivity index (χ2n) is 11.2. The first kappa shape index (κ1) is 29.5. The number of nitrogens with zero attached hydrogens (tertiary/aromatic N) is 2. The second kappa shape index (κ2) is 13.3. The van der Waals surface area contributed by atoms with E-state index < -0.39 is 6.36 Å². The molecule has 222 valence electrons. The van der Waals surface area contributed by atoms with Gasteiger partial charge in [-0.15, -0.1) is 0 Å². The number of piperidine rings is 1. The fourth-order valence-corrected chi connectivity index (χ4v) is 5.91. The number of aromatic amines is 2. The van der Waals surface area contributed by atoms with Crippen molar-refractivity contribution in [1.29, 1.82) is 0 Å². The van der Waals surface area contributed by atoms with Gasteiger partial charge in [-0.2, -0.15) is 0 Å². The Bertz CT molecular complexity index is 1500. The van der Waals surface area contributed by atoms with Crippen LogP contribution in [0.5, 0.6) is 0 Å². The number of halogens is 1. The molecule has 2 aromatic heterocycles. The third kappa shape index (κ3) is 6.88. The van der Waals surface area contributed by atoms with E-state index in [0.29, 0.717) is 37.2 Å². The first-order valence-corrected chi connectivity index (χ1v) is 14.5. The third-order valence-electron chi connectivity index (χ3n) is 8.19. The maximum atomic E-state index is 13.7. The first-order chi connectivity index (χ1) is 20.3. The number of benzene rings is 2. The van der Waals surface area contributed by atoms with Crippen LogP contribution in [0, 0.1) is 6.92 Å². The number of ether oxygens (including phenoxy) is 1. The SMILES string of the molecule is COC(F)CCc1cccc2c(C)c(C3CCCN(C(=O)CC(N)Cc4ccc(NC(=O)c5cnc[nH]5)cc4)C3)[nH]c12. The van der Waals surface area contributed by atoms with E-state index in [9.17, 15) is 14.0 Å². The topological polar surface area (TPSA) is 129 Å². The summed E-state index contributed by atoms with van der Waals surface area (Å²) in [7, 11) is 1.38. The van der Waals surface area contributed by atoms with E-state index in [1.807, 2.05) is 41.3 Å². The molecule has 4 aromatic rings. The van der Waals surface area contributed by atoms with Crippen molar-refractivity contribution in [2.45, 2.75) is 63.8 Å². The Morgan fingerprint density at radius 3 is 2.79 bits per heavy atom. The fraction of sp³-hybridized carbons (Fsp3) is 0.406. The zero-order valence-electron chi connectivity index (χ0n) is 24.2. The van der Waals surface area contributed by atoms with E-state index in [0.717, 1.165) is 47.1 Å². The number of likely N-dealkylation sites (tertiary alicyclic amines) is 1. The molecule has 3 unspecified atom stereocenters. The van der Waals surface area contributed by atoms with E-state index in [-0.39, 0.29) is 30.2 Å². The van der Waals surface area contributed by atoms with Gasteiger partial charge in [-0.05, 0) is 61.4 Å². The number of H-pyrrole nitrogens is 2. The molecule has 10 heteroatoms. The average Bonchev–Trinajstić information content (AvgIpc) is 3.66.